The van der Waals surface area contributed by atoms with Gasteiger partial charge in [0.25, 0.3) is 5.91 Å². The average Bonchev–Trinajstić information content (AvgIpc) is 2.88. The zero-order chi connectivity index (χ0) is 17.8. The van der Waals surface area contributed by atoms with E-state index in [0.717, 1.165) is 22.2 Å². The molecule has 0 spiro atoms. The molecule has 0 saturated heterocycles. The highest BCUT2D eigenvalue weighted by molar-refractivity contribution is 6.02. The van der Waals surface area contributed by atoms with E-state index in [1.807, 2.05) is 35.8 Å². The molecule has 0 saturated carbocycles. The lowest BCUT2D eigenvalue weighted by atomic mass is 10.1. The summed E-state index contributed by atoms with van der Waals surface area (Å²) in [7, 11) is 0. The van der Waals surface area contributed by atoms with Crippen molar-refractivity contribution in [2.45, 2.75) is 13.5 Å². The van der Waals surface area contributed by atoms with Crippen LogP contribution < -0.4 is 5.43 Å². The molecule has 0 aliphatic carbocycles. The van der Waals surface area contributed by atoms with E-state index in [0.29, 0.717) is 6.54 Å². The number of benzene rings is 2. The molecule has 3 aromatic rings. The molecule has 2 aromatic carbocycles. The number of carbonyl (C=O) groups excluding carboxylic acids is 1. The van der Waals surface area contributed by atoms with Crippen molar-refractivity contribution in [3.05, 3.63) is 65.4 Å². The van der Waals surface area contributed by atoms with Crippen molar-refractivity contribution in [1.29, 1.82) is 0 Å². The first-order chi connectivity index (χ1) is 12.1. The van der Waals surface area contributed by atoms with E-state index >= 15 is 0 Å². The number of phenols is 1. The van der Waals surface area contributed by atoms with E-state index < -0.39 is 5.91 Å². The molecular formula is C20H17N3O2. The third-order valence-electron chi connectivity index (χ3n) is 4.04. The summed E-state index contributed by atoms with van der Waals surface area (Å²) in [5.74, 6) is 2.09. The number of hydrogen-bond donors (Lipinski definition) is 2. The fraction of sp³-hybridized carbons (Fsp3) is 0.100. The van der Waals surface area contributed by atoms with Crippen molar-refractivity contribution < 1.29 is 9.90 Å². The number of nitrogens with one attached hydrogen (secondary N) is 1. The Bertz CT molecular complexity index is 1010. The topological polar surface area (TPSA) is 66.6 Å². The maximum Gasteiger partial charge on any atom is 0.275 e. The quantitative estimate of drug-likeness (QED) is 0.438. The van der Waals surface area contributed by atoms with Crippen LogP contribution in [-0.2, 0) is 6.54 Å². The van der Waals surface area contributed by atoms with Crippen molar-refractivity contribution in [3.8, 4) is 18.1 Å². The summed E-state index contributed by atoms with van der Waals surface area (Å²) in [6, 6.07) is 14.2. The molecule has 124 valence electrons. The van der Waals surface area contributed by atoms with Crippen molar-refractivity contribution in [1.82, 2.24) is 9.99 Å². The average molecular weight is 331 g/mol. The monoisotopic (exact) mass is 331 g/mol. The van der Waals surface area contributed by atoms with Crippen LogP contribution in [0.2, 0.25) is 0 Å². The Balaban J connectivity index is 1.90. The lowest BCUT2D eigenvalue weighted by Crippen LogP contribution is -2.17. The van der Waals surface area contributed by atoms with E-state index in [4.69, 9.17) is 6.42 Å². The van der Waals surface area contributed by atoms with E-state index in [1.165, 1.54) is 12.1 Å². The van der Waals surface area contributed by atoms with Gasteiger partial charge in [0, 0.05) is 22.2 Å². The Hall–Kier alpha value is -3.52. The number of nitrogens with zero attached hydrogens (tertiary/aromatic N) is 2. The molecule has 0 radical (unpaired) electrons. The minimum absolute atomic E-state index is 0.0861. The summed E-state index contributed by atoms with van der Waals surface area (Å²) in [6.45, 7) is 2.42. The van der Waals surface area contributed by atoms with E-state index in [1.54, 1.807) is 18.3 Å². The molecule has 0 aliphatic rings. The number of phenolic OH excluding ortho intramolecular Hbond substituents is 1. The van der Waals surface area contributed by atoms with Crippen LogP contribution in [0.15, 0.2) is 53.6 Å². The summed E-state index contributed by atoms with van der Waals surface area (Å²) in [6.07, 6.45) is 7.06. The largest absolute Gasteiger partial charge is 0.507 e. The number of aromatic hydroxyl groups is 1. The second-order valence-corrected chi connectivity index (χ2v) is 5.52. The first kappa shape index (κ1) is 16.3. The molecule has 5 nitrogen and oxygen atoms in total. The van der Waals surface area contributed by atoms with Gasteiger partial charge in [-0.2, -0.15) is 5.10 Å². The summed E-state index contributed by atoms with van der Waals surface area (Å²) < 4.78 is 2.03. The predicted octanol–water partition coefficient (Wildman–Crippen LogP) is 3.05. The van der Waals surface area contributed by atoms with Gasteiger partial charge in [-0.1, -0.05) is 36.3 Å². The Morgan fingerprint density at radius 2 is 2.00 bits per heavy atom. The van der Waals surface area contributed by atoms with E-state index in [-0.39, 0.29) is 11.3 Å². The van der Waals surface area contributed by atoms with Gasteiger partial charge >= 0.3 is 0 Å². The highest BCUT2D eigenvalue weighted by atomic mass is 16.3. The van der Waals surface area contributed by atoms with Gasteiger partial charge in [-0.25, -0.2) is 5.43 Å². The molecule has 0 unspecified atom stereocenters. The Labute approximate surface area is 145 Å². The van der Waals surface area contributed by atoms with Crippen LogP contribution in [0.3, 0.4) is 0 Å². The van der Waals surface area contributed by atoms with Crippen LogP contribution >= 0.6 is 0 Å². The van der Waals surface area contributed by atoms with E-state index in [9.17, 15) is 9.90 Å². The van der Waals surface area contributed by atoms with Crippen LogP contribution in [-0.4, -0.2) is 21.8 Å². The van der Waals surface area contributed by atoms with Crippen LogP contribution in [0, 0.1) is 19.3 Å². The number of amides is 1. The Morgan fingerprint density at radius 3 is 2.76 bits per heavy atom. The van der Waals surface area contributed by atoms with Crippen LogP contribution in [0.25, 0.3) is 10.9 Å². The van der Waals surface area contributed by atoms with Gasteiger partial charge in [-0.05, 0) is 25.1 Å². The fourth-order valence-electron chi connectivity index (χ4n) is 2.80. The second kappa shape index (κ2) is 6.93. The Kier molecular flexibility index (Phi) is 4.53. The molecule has 1 heterocycles. The lowest BCUT2D eigenvalue weighted by Gasteiger charge is -2.03. The fourth-order valence-corrected chi connectivity index (χ4v) is 2.80. The summed E-state index contributed by atoms with van der Waals surface area (Å²) in [5.41, 5.74) is 5.50. The zero-order valence-corrected chi connectivity index (χ0v) is 13.7. The van der Waals surface area contributed by atoms with Gasteiger partial charge in [0.2, 0.25) is 0 Å². The highest BCUT2D eigenvalue weighted by Gasteiger charge is 2.12. The molecule has 0 aliphatic heterocycles. The number of para-hydroxylation sites is 2. The van der Waals surface area contributed by atoms with Gasteiger partial charge in [0.05, 0.1) is 18.3 Å². The number of terminal acetylenes is 1. The molecule has 0 bridgehead atoms. The van der Waals surface area contributed by atoms with Gasteiger partial charge < -0.3 is 9.67 Å². The second-order valence-electron chi connectivity index (χ2n) is 5.52. The van der Waals surface area contributed by atoms with E-state index in [2.05, 4.69) is 16.4 Å². The lowest BCUT2D eigenvalue weighted by molar-refractivity contribution is 0.0952. The first-order valence-corrected chi connectivity index (χ1v) is 7.76. The van der Waals surface area contributed by atoms with Gasteiger partial charge in [-0.15, -0.1) is 6.42 Å². The molecule has 25 heavy (non-hydrogen) atoms. The normalized spacial score (nSPS) is 10.9. The first-order valence-electron chi connectivity index (χ1n) is 7.76. The summed E-state index contributed by atoms with van der Waals surface area (Å²) in [5, 5.41) is 14.8. The highest BCUT2D eigenvalue weighted by Crippen LogP contribution is 2.24. The van der Waals surface area contributed by atoms with Crippen molar-refractivity contribution in [3.63, 3.8) is 0 Å². The molecule has 0 fully saturated rings. The SMILES string of the molecule is C#CCn1c(C)c(/C=N/NC(=O)c2ccccc2O)c2ccccc21. The van der Waals surface area contributed by atoms with Crippen LogP contribution in [0.1, 0.15) is 21.6 Å². The molecule has 3 rings (SSSR count). The molecule has 0 atom stereocenters. The summed E-state index contributed by atoms with van der Waals surface area (Å²) >= 11 is 0. The van der Waals surface area contributed by atoms with Crippen molar-refractivity contribution in [2.75, 3.05) is 0 Å². The van der Waals surface area contributed by atoms with Gasteiger partial charge in [-0.3, -0.25) is 4.79 Å². The smallest absolute Gasteiger partial charge is 0.275 e. The molecule has 1 aromatic heterocycles. The Morgan fingerprint density at radius 1 is 1.28 bits per heavy atom. The molecule has 1 amide bonds. The number of hydrazone groups is 1. The third-order valence-corrected chi connectivity index (χ3v) is 4.04. The predicted molar refractivity (Wildman–Crippen MR) is 98.7 cm³/mol. The van der Waals surface area contributed by atoms with Gasteiger partial charge in [0.1, 0.15) is 5.75 Å². The number of rotatable bonds is 4. The van der Waals surface area contributed by atoms with Crippen molar-refractivity contribution in [2.24, 2.45) is 5.10 Å². The minimum Gasteiger partial charge on any atom is -0.507 e. The van der Waals surface area contributed by atoms with Crippen molar-refractivity contribution >= 4 is 23.0 Å². The third kappa shape index (κ3) is 3.10. The van der Waals surface area contributed by atoms with Gasteiger partial charge in [0.15, 0.2) is 0 Å². The standard InChI is InChI=1S/C20H17N3O2/c1-3-12-23-14(2)17(15-8-4-6-10-18(15)23)13-21-22-20(25)16-9-5-7-11-19(16)24/h1,4-11,13,24H,12H2,2H3,(H,22,25)/b21-13+. The number of aromatic nitrogens is 1. The maximum absolute atomic E-state index is 12.1. The van der Waals surface area contributed by atoms with Crippen LogP contribution in [0.5, 0.6) is 5.75 Å². The van der Waals surface area contributed by atoms with Crippen LogP contribution in [0.4, 0.5) is 0 Å². The summed E-state index contributed by atoms with van der Waals surface area (Å²) in [4.78, 5) is 12.1. The zero-order valence-electron chi connectivity index (χ0n) is 13.7. The molecule has 2 N–H and O–H groups in total. The number of carbonyl (C=O) groups is 1. The molecule has 5 heteroatoms. The number of fused-ring (bicyclic) bond motifs is 1. The maximum atomic E-state index is 12.1. The number of hydrogen-bond acceptors (Lipinski definition) is 3. The molecular weight excluding hydrogens is 314 g/mol. The minimum atomic E-state index is -0.473.